The van der Waals surface area contributed by atoms with Gasteiger partial charge in [-0.2, -0.15) is 0 Å². The molecule has 0 aliphatic rings. The molecule has 0 saturated carbocycles. The molecule has 0 aliphatic heterocycles. The summed E-state index contributed by atoms with van der Waals surface area (Å²) in [6.45, 7) is 3.48. The van der Waals surface area contributed by atoms with E-state index in [0.717, 1.165) is 0 Å². The molecule has 0 aliphatic carbocycles. The van der Waals surface area contributed by atoms with Crippen molar-refractivity contribution in [3.05, 3.63) is 0 Å². The van der Waals surface area contributed by atoms with Crippen molar-refractivity contribution >= 4 is 24.2 Å². The number of hydrogen-bond donors (Lipinski definition) is 2. The van der Waals surface area contributed by atoms with Gasteiger partial charge in [-0.15, -0.1) is 12.4 Å². The maximum atomic E-state index is 10.9. The number of halogens is 1. The van der Waals surface area contributed by atoms with Gasteiger partial charge in [-0.3, -0.25) is 9.59 Å². The van der Waals surface area contributed by atoms with Crippen LogP contribution in [0, 0.1) is 5.41 Å². The fraction of sp³-hybridized carbons (Fsp3) is 0.750. The van der Waals surface area contributed by atoms with Crippen LogP contribution in [0.4, 0.5) is 0 Å². The second kappa shape index (κ2) is 5.94. The number of carbonyl (C=O) groups is 2. The van der Waals surface area contributed by atoms with Crippen LogP contribution in [0.2, 0.25) is 0 Å². The summed E-state index contributed by atoms with van der Waals surface area (Å²) in [6.07, 6.45) is 0.231. The van der Waals surface area contributed by atoms with E-state index in [2.05, 4.69) is 0 Å². The molecule has 0 atom stereocenters. The molecule has 0 fully saturated rings. The molecule has 0 aromatic carbocycles. The first-order valence-corrected chi connectivity index (χ1v) is 3.81. The Morgan fingerprint density at radius 2 is 1.77 bits per heavy atom. The first kappa shape index (κ1) is 14.9. The second-order valence-electron chi connectivity index (χ2n) is 3.65. The lowest BCUT2D eigenvalue weighted by Gasteiger charge is -2.20. The molecule has 3 N–H and O–H groups in total. The average Bonchev–Trinajstić information content (AvgIpc) is 1.83. The molecular formula is C8H16ClNO3. The number of carbonyl (C=O) groups excluding carboxylic acids is 1. The normalized spacial score (nSPS) is 10.4. The molecule has 4 nitrogen and oxygen atoms in total. The van der Waals surface area contributed by atoms with Gasteiger partial charge in [0.1, 0.15) is 5.78 Å². The molecule has 0 saturated heterocycles. The molecule has 13 heavy (non-hydrogen) atoms. The van der Waals surface area contributed by atoms with Crippen LogP contribution < -0.4 is 5.73 Å². The third-order valence-electron chi connectivity index (χ3n) is 1.53. The molecule has 5 heteroatoms. The topological polar surface area (TPSA) is 80.4 Å². The highest BCUT2D eigenvalue weighted by Gasteiger charge is 2.24. The molecule has 0 rings (SSSR count). The van der Waals surface area contributed by atoms with Crippen LogP contribution in [-0.2, 0) is 9.59 Å². The number of aliphatic carboxylic acids is 1. The van der Waals surface area contributed by atoms with Crippen molar-refractivity contribution in [3.8, 4) is 0 Å². The first-order valence-electron chi connectivity index (χ1n) is 3.81. The maximum Gasteiger partial charge on any atom is 0.303 e. The van der Waals surface area contributed by atoms with Crippen LogP contribution in [0.3, 0.4) is 0 Å². The summed E-state index contributed by atoms with van der Waals surface area (Å²) in [6, 6.07) is 0. The summed E-state index contributed by atoms with van der Waals surface area (Å²) < 4.78 is 0. The van der Waals surface area contributed by atoms with Gasteiger partial charge >= 0.3 is 5.97 Å². The highest BCUT2D eigenvalue weighted by Crippen LogP contribution is 2.24. The van der Waals surface area contributed by atoms with Crippen molar-refractivity contribution < 1.29 is 14.7 Å². The Bertz CT molecular complexity index is 192. The Kier molecular flexibility index (Phi) is 6.80. The fourth-order valence-corrected chi connectivity index (χ4v) is 1.08. The summed E-state index contributed by atoms with van der Waals surface area (Å²) in [5.41, 5.74) is 4.63. The van der Waals surface area contributed by atoms with E-state index >= 15 is 0 Å². The SMILES string of the molecule is CC(C)(CC(=O)O)CC(=O)CN.Cl. The number of carboxylic acid groups (broad SMARTS) is 1. The summed E-state index contributed by atoms with van der Waals surface area (Å²) >= 11 is 0. The van der Waals surface area contributed by atoms with E-state index in [4.69, 9.17) is 10.8 Å². The minimum Gasteiger partial charge on any atom is -0.481 e. The Labute approximate surface area is 83.9 Å². The van der Waals surface area contributed by atoms with Gasteiger partial charge in [-0.25, -0.2) is 0 Å². The smallest absolute Gasteiger partial charge is 0.303 e. The van der Waals surface area contributed by atoms with E-state index in [9.17, 15) is 9.59 Å². The van der Waals surface area contributed by atoms with Crippen LogP contribution in [0.1, 0.15) is 26.7 Å². The van der Waals surface area contributed by atoms with E-state index < -0.39 is 11.4 Å². The molecular weight excluding hydrogens is 194 g/mol. The summed E-state index contributed by atoms with van der Waals surface area (Å²) in [5.74, 6) is -0.980. The number of Topliss-reactive ketones (excluding diaryl/α,β-unsaturated/α-hetero) is 1. The van der Waals surface area contributed by atoms with Gasteiger partial charge < -0.3 is 10.8 Å². The van der Waals surface area contributed by atoms with Crippen LogP contribution >= 0.6 is 12.4 Å². The Balaban J connectivity index is 0. The zero-order valence-corrected chi connectivity index (χ0v) is 8.69. The van der Waals surface area contributed by atoms with Crippen molar-refractivity contribution in [2.45, 2.75) is 26.7 Å². The zero-order chi connectivity index (χ0) is 9.78. The monoisotopic (exact) mass is 209 g/mol. The number of hydrogen-bond acceptors (Lipinski definition) is 3. The predicted octanol–water partition coefficient (Wildman–Crippen LogP) is 0.827. The largest absolute Gasteiger partial charge is 0.481 e. The number of nitrogens with two attached hydrogens (primary N) is 1. The van der Waals surface area contributed by atoms with E-state index in [1.807, 2.05) is 0 Å². The highest BCUT2D eigenvalue weighted by atomic mass is 35.5. The molecule has 0 aromatic heterocycles. The van der Waals surface area contributed by atoms with E-state index in [0.29, 0.717) is 0 Å². The van der Waals surface area contributed by atoms with Gasteiger partial charge in [0.2, 0.25) is 0 Å². The van der Waals surface area contributed by atoms with Crippen molar-refractivity contribution in [1.29, 1.82) is 0 Å². The molecule has 0 spiro atoms. The van der Waals surface area contributed by atoms with Gasteiger partial charge in [0.05, 0.1) is 13.0 Å². The third kappa shape index (κ3) is 7.74. The first-order chi connectivity index (χ1) is 5.37. The van der Waals surface area contributed by atoms with E-state index in [-0.39, 0.29) is 37.6 Å². The molecule has 0 amide bonds. The third-order valence-corrected chi connectivity index (χ3v) is 1.53. The number of rotatable bonds is 5. The zero-order valence-electron chi connectivity index (χ0n) is 7.87. The van der Waals surface area contributed by atoms with Crippen LogP contribution in [0.15, 0.2) is 0 Å². The minimum absolute atomic E-state index is 0. The predicted molar refractivity (Wildman–Crippen MR) is 52.0 cm³/mol. The molecule has 0 unspecified atom stereocenters. The quantitative estimate of drug-likeness (QED) is 0.703. The standard InChI is InChI=1S/C8H15NO3.ClH/c1-8(2,4-7(11)12)3-6(10)5-9;/h3-5,9H2,1-2H3,(H,11,12);1H. The number of carboxylic acids is 1. The van der Waals surface area contributed by atoms with Crippen molar-refractivity contribution in [2.24, 2.45) is 11.1 Å². The lowest BCUT2D eigenvalue weighted by atomic mass is 9.84. The van der Waals surface area contributed by atoms with Gasteiger partial charge in [-0.1, -0.05) is 13.8 Å². The lowest BCUT2D eigenvalue weighted by molar-refractivity contribution is -0.139. The number of ketones is 1. The second-order valence-corrected chi connectivity index (χ2v) is 3.65. The molecule has 0 bridgehead atoms. The van der Waals surface area contributed by atoms with E-state index in [1.165, 1.54) is 0 Å². The Hall–Kier alpha value is -0.610. The summed E-state index contributed by atoms with van der Waals surface area (Å²) in [5, 5.41) is 8.49. The Morgan fingerprint density at radius 3 is 2.08 bits per heavy atom. The van der Waals surface area contributed by atoms with Crippen LogP contribution in [0.25, 0.3) is 0 Å². The van der Waals surface area contributed by atoms with Gasteiger partial charge in [-0.05, 0) is 5.41 Å². The molecule has 0 radical (unpaired) electrons. The van der Waals surface area contributed by atoms with Crippen LogP contribution in [0.5, 0.6) is 0 Å². The molecule has 0 aromatic rings. The summed E-state index contributed by atoms with van der Waals surface area (Å²) in [4.78, 5) is 21.2. The molecule has 78 valence electrons. The van der Waals surface area contributed by atoms with E-state index in [1.54, 1.807) is 13.8 Å². The highest BCUT2D eigenvalue weighted by molar-refractivity contribution is 5.85. The van der Waals surface area contributed by atoms with Gasteiger partial charge in [0.15, 0.2) is 0 Å². The van der Waals surface area contributed by atoms with Crippen molar-refractivity contribution in [3.63, 3.8) is 0 Å². The average molecular weight is 210 g/mol. The summed E-state index contributed by atoms with van der Waals surface area (Å²) in [7, 11) is 0. The minimum atomic E-state index is -0.884. The van der Waals surface area contributed by atoms with Gasteiger partial charge in [0, 0.05) is 6.42 Å². The fourth-order valence-electron chi connectivity index (χ4n) is 1.08. The van der Waals surface area contributed by atoms with Crippen LogP contribution in [-0.4, -0.2) is 23.4 Å². The Morgan fingerprint density at radius 1 is 1.31 bits per heavy atom. The lowest BCUT2D eigenvalue weighted by Crippen LogP contribution is -2.24. The maximum absolute atomic E-state index is 10.9. The van der Waals surface area contributed by atoms with Crippen molar-refractivity contribution in [1.82, 2.24) is 0 Å². The van der Waals surface area contributed by atoms with Crippen molar-refractivity contribution in [2.75, 3.05) is 6.54 Å². The van der Waals surface area contributed by atoms with Gasteiger partial charge in [0.25, 0.3) is 0 Å². The molecule has 0 heterocycles.